The lowest BCUT2D eigenvalue weighted by molar-refractivity contribution is 0.330. The minimum atomic E-state index is 0.610. The largest absolute Gasteiger partial charge is 0.317 e. The van der Waals surface area contributed by atoms with E-state index in [1.165, 1.54) is 18.4 Å². The van der Waals surface area contributed by atoms with Gasteiger partial charge in [-0.15, -0.1) is 0 Å². The van der Waals surface area contributed by atoms with Gasteiger partial charge in [0, 0.05) is 12.4 Å². The number of aromatic nitrogens is 2. The topological polar surface area (TPSA) is 37.8 Å². The van der Waals surface area contributed by atoms with E-state index in [0.29, 0.717) is 5.92 Å². The Morgan fingerprint density at radius 1 is 1.11 bits per heavy atom. The summed E-state index contributed by atoms with van der Waals surface area (Å²) in [5.41, 5.74) is 3.39. The third kappa shape index (κ3) is 2.23. The predicted molar refractivity (Wildman–Crippen MR) is 73.5 cm³/mol. The minimum Gasteiger partial charge on any atom is -0.317 e. The monoisotopic (exact) mass is 241 g/mol. The summed E-state index contributed by atoms with van der Waals surface area (Å²) in [6.07, 6.45) is 6.07. The standard InChI is InChI=1S/C15H19N3/c1-11(12-4-6-16-7-5-12)13-2-3-14-15(10-13)18-9-8-17-14/h2-3,8-12,16H,4-7H2,1H3. The molecule has 0 amide bonds. The van der Waals surface area contributed by atoms with Crippen molar-refractivity contribution in [2.75, 3.05) is 13.1 Å². The van der Waals surface area contributed by atoms with Crippen LogP contribution in [0.1, 0.15) is 31.2 Å². The van der Waals surface area contributed by atoms with Gasteiger partial charge in [-0.3, -0.25) is 9.97 Å². The molecular formula is C15H19N3. The second-order valence-corrected chi connectivity index (χ2v) is 5.18. The molecule has 94 valence electrons. The van der Waals surface area contributed by atoms with Crippen molar-refractivity contribution in [2.24, 2.45) is 5.92 Å². The fourth-order valence-corrected chi connectivity index (χ4v) is 2.88. The molecule has 3 nitrogen and oxygen atoms in total. The smallest absolute Gasteiger partial charge is 0.0889 e. The zero-order chi connectivity index (χ0) is 12.4. The Kier molecular flexibility index (Phi) is 3.24. The van der Waals surface area contributed by atoms with E-state index in [1.807, 2.05) is 0 Å². The lowest BCUT2D eigenvalue weighted by Gasteiger charge is -2.28. The first kappa shape index (κ1) is 11.6. The molecule has 2 aromatic rings. The molecule has 1 aromatic heterocycles. The second kappa shape index (κ2) is 5.02. The Hall–Kier alpha value is -1.48. The maximum atomic E-state index is 4.39. The molecule has 0 spiro atoms. The molecule has 1 aliphatic heterocycles. The molecule has 1 fully saturated rings. The summed E-state index contributed by atoms with van der Waals surface area (Å²) in [7, 11) is 0. The van der Waals surface area contributed by atoms with Crippen molar-refractivity contribution in [2.45, 2.75) is 25.7 Å². The summed E-state index contributed by atoms with van der Waals surface area (Å²) in [4.78, 5) is 8.72. The third-order valence-corrected chi connectivity index (χ3v) is 4.11. The highest BCUT2D eigenvalue weighted by molar-refractivity contribution is 5.74. The molecule has 1 saturated heterocycles. The first-order valence-corrected chi connectivity index (χ1v) is 6.76. The second-order valence-electron chi connectivity index (χ2n) is 5.18. The van der Waals surface area contributed by atoms with Crippen molar-refractivity contribution in [1.82, 2.24) is 15.3 Å². The van der Waals surface area contributed by atoms with Gasteiger partial charge in [0.2, 0.25) is 0 Å². The summed E-state index contributed by atoms with van der Waals surface area (Å²) in [5, 5.41) is 3.43. The number of hydrogen-bond donors (Lipinski definition) is 1. The highest BCUT2D eigenvalue weighted by Gasteiger charge is 2.21. The third-order valence-electron chi connectivity index (χ3n) is 4.11. The van der Waals surface area contributed by atoms with E-state index in [1.54, 1.807) is 12.4 Å². The van der Waals surface area contributed by atoms with E-state index in [0.717, 1.165) is 30.0 Å². The molecule has 3 rings (SSSR count). The SMILES string of the molecule is CC(c1ccc2nccnc2c1)C1CCNCC1. The highest BCUT2D eigenvalue weighted by Crippen LogP contribution is 2.31. The van der Waals surface area contributed by atoms with E-state index in [2.05, 4.69) is 40.4 Å². The maximum Gasteiger partial charge on any atom is 0.0889 e. The number of nitrogens with one attached hydrogen (secondary N) is 1. The molecule has 18 heavy (non-hydrogen) atoms. The molecule has 0 bridgehead atoms. The van der Waals surface area contributed by atoms with Crippen LogP contribution in [0, 0.1) is 5.92 Å². The van der Waals surface area contributed by atoms with Gasteiger partial charge in [0.1, 0.15) is 0 Å². The predicted octanol–water partition coefficient (Wildman–Crippen LogP) is 2.73. The van der Waals surface area contributed by atoms with Crippen molar-refractivity contribution in [3.05, 3.63) is 36.2 Å². The summed E-state index contributed by atoms with van der Waals surface area (Å²) < 4.78 is 0. The number of rotatable bonds is 2. The van der Waals surface area contributed by atoms with Gasteiger partial charge >= 0.3 is 0 Å². The summed E-state index contributed by atoms with van der Waals surface area (Å²) in [5.74, 6) is 1.40. The van der Waals surface area contributed by atoms with Crippen LogP contribution in [0.4, 0.5) is 0 Å². The molecule has 3 heteroatoms. The zero-order valence-electron chi connectivity index (χ0n) is 10.8. The van der Waals surface area contributed by atoms with Crippen LogP contribution in [0.25, 0.3) is 11.0 Å². The number of nitrogens with zero attached hydrogens (tertiary/aromatic N) is 2. The number of benzene rings is 1. The van der Waals surface area contributed by atoms with E-state index >= 15 is 0 Å². The van der Waals surface area contributed by atoms with E-state index in [4.69, 9.17) is 0 Å². The molecule has 1 aromatic carbocycles. The number of hydrogen-bond acceptors (Lipinski definition) is 3. The molecule has 0 radical (unpaired) electrons. The van der Waals surface area contributed by atoms with Crippen molar-refractivity contribution >= 4 is 11.0 Å². The fourth-order valence-electron chi connectivity index (χ4n) is 2.88. The van der Waals surface area contributed by atoms with Gasteiger partial charge in [-0.1, -0.05) is 13.0 Å². The van der Waals surface area contributed by atoms with Crippen molar-refractivity contribution in [3.8, 4) is 0 Å². The van der Waals surface area contributed by atoms with Gasteiger partial charge in [-0.2, -0.15) is 0 Å². The van der Waals surface area contributed by atoms with Crippen LogP contribution in [0.5, 0.6) is 0 Å². The van der Waals surface area contributed by atoms with Crippen LogP contribution < -0.4 is 5.32 Å². The molecule has 1 N–H and O–H groups in total. The number of piperidine rings is 1. The van der Waals surface area contributed by atoms with Crippen molar-refractivity contribution < 1.29 is 0 Å². The van der Waals surface area contributed by atoms with Crippen LogP contribution in [-0.4, -0.2) is 23.1 Å². The maximum absolute atomic E-state index is 4.39. The normalized spacial score (nSPS) is 18.9. The van der Waals surface area contributed by atoms with Crippen molar-refractivity contribution in [1.29, 1.82) is 0 Å². The molecule has 2 heterocycles. The van der Waals surface area contributed by atoms with E-state index in [-0.39, 0.29) is 0 Å². The van der Waals surface area contributed by atoms with Crippen LogP contribution in [-0.2, 0) is 0 Å². The lowest BCUT2D eigenvalue weighted by atomic mass is 9.82. The number of fused-ring (bicyclic) bond motifs is 1. The average molecular weight is 241 g/mol. The van der Waals surface area contributed by atoms with Gasteiger partial charge in [-0.05, 0) is 55.5 Å². The van der Waals surface area contributed by atoms with Gasteiger partial charge in [0.05, 0.1) is 11.0 Å². The Labute approximate surface area is 108 Å². The summed E-state index contributed by atoms with van der Waals surface area (Å²) in [6, 6.07) is 6.51. The molecule has 1 atom stereocenters. The van der Waals surface area contributed by atoms with E-state index in [9.17, 15) is 0 Å². The van der Waals surface area contributed by atoms with Crippen LogP contribution >= 0.6 is 0 Å². The van der Waals surface area contributed by atoms with Gasteiger partial charge in [0.15, 0.2) is 0 Å². The Bertz CT molecular complexity index is 532. The first-order chi connectivity index (χ1) is 8.84. The lowest BCUT2D eigenvalue weighted by Crippen LogP contribution is -2.30. The minimum absolute atomic E-state index is 0.610. The first-order valence-electron chi connectivity index (χ1n) is 6.76. The highest BCUT2D eigenvalue weighted by atomic mass is 14.9. The van der Waals surface area contributed by atoms with Crippen LogP contribution in [0.3, 0.4) is 0 Å². The molecule has 0 saturated carbocycles. The summed E-state index contributed by atoms with van der Waals surface area (Å²) in [6.45, 7) is 4.65. The van der Waals surface area contributed by atoms with Crippen molar-refractivity contribution in [3.63, 3.8) is 0 Å². The van der Waals surface area contributed by atoms with Crippen LogP contribution in [0.15, 0.2) is 30.6 Å². The molecule has 1 aliphatic rings. The summed E-state index contributed by atoms with van der Waals surface area (Å²) >= 11 is 0. The Balaban J connectivity index is 1.88. The molecule has 1 unspecified atom stereocenters. The van der Waals surface area contributed by atoms with Crippen LogP contribution in [0.2, 0.25) is 0 Å². The molecular weight excluding hydrogens is 222 g/mol. The Morgan fingerprint density at radius 2 is 1.83 bits per heavy atom. The Morgan fingerprint density at radius 3 is 2.61 bits per heavy atom. The van der Waals surface area contributed by atoms with Gasteiger partial charge in [-0.25, -0.2) is 0 Å². The van der Waals surface area contributed by atoms with E-state index < -0.39 is 0 Å². The van der Waals surface area contributed by atoms with Gasteiger partial charge < -0.3 is 5.32 Å². The van der Waals surface area contributed by atoms with Gasteiger partial charge in [0.25, 0.3) is 0 Å². The average Bonchev–Trinajstić information content (AvgIpc) is 2.47. The quantitative estimate of drug-likeness (QED) is 0.878. The fraction of sp³-hybridized carbons (Fsp3) is 0.467. The zero-order valence-corrected chi connectivity index (χ0v) is 10.8. The molecule has 0 aliphatic carbocycles.